The minimum absolute atomic E-state index is 0. The summed E-state index contributed by atoms with van der Waals surface area (Å²) >= 11 is 7.07. The summed E-state index contributed by atoms with van der Waals surface area (Å²) < 4.78 is 0. The molecule has 0 spiro atoms. The van der Waals surface area contributed by atoms with E-state index in [1.165, 1.54) is 0 Å². The topological polar surface area (TPSA) is 69.0 Å². The van der Waals surface area contributed by atoms with Gasteiger partial charge in [0.15, 0.2) is 0 Å². The van der Waals surface area contributed by atoms with Gasteiger partial charge in [-0.2, -0.15) is 0 Å². The third-order valence-electron chi connectivity index (χ3n) is 0. The van der Waals surface area contributed by atoms with Crippen molar-refractivity contribution in [3.63, 3.8) is 0 Å². The first-order valence-corrected chi connectivity index (χ1v) is 4.64. The van der Waals surface area contributed by atoms with Gasteiger partial charge in [0.1, 0.15) is 0 Å². The Morgan fingerprint density at radius 1 is 1.43 bits per heavy atom. The van der Waals surface area contributed by atoms with Crippen LogP contribution < -0.4 is 0 Å². The van der Waals surface area contributed by atoms with E-state index in [0.29, 0.717) is 0 Å². The quantitative estimate of drug-likeness (QED) is 0.433. The molecule has 7 heavy (non-hydrogen) atoms. The second-order valence-corrected chi connectivity index (χ2v) is 5.55. The number of hydrogen-bond donors (Lipinski definition) is 3. The molecule has 0 rings (SSSR count). The van der Waals surface area contributed by atoms with Crippen molar-refractivity contribution in [1.82, 2.24) is 0 Å². The first kappa shape index (κ1) is 15.8. The first-order chi connectivity index (χ1) is 2.00. The maximum Gasteiger partial charge on any atom is 0.239 e. The molecule has 0 aliphatic rings. The Bertz CT molecular complexity index is 59.1. The summed E-state index contributed by atoms with van der Waals surface area (Å²) in [5, 5.41) is 0. The van der Waals surface area contributed by atoms with Crippen LogP contribution >= 0.6 is 17.9 Å². The fraction of sp³-hybridized carbons (Fsp3) is 0. The van der Waals surface area contributed by atoms with Crippen molar-refractivity contribution >= 4 is 29.7 Å². The number of hydrogen-bond acceptors (Lipinski definition) is 1. The predicted octanol–water partition coefficient (Wildman–Crippen LogP) is 0.00400. The summed E-state index contributed by atoms with van der Waals surface area (Å²) in [6.07, 6.45) is 0. The Morgan fingerprint density at radius 2 is 1.43 bits per heavy atom. The Morgan fingerprint density at radius 3 is 1.43 bits per heavy atom. The fourth-order valence-electron chi connectivity index (χ4n) is 0. The molecule has 44 valence electrons. The van der Waals surface area contributed by atoms with Crippen LogP contribution in [-0.2, 0) is 38.3 Å². The van der Waals surface area contributed by atoms with Crippen LogP contribution in [-0.4, -0.2) is 9.79 Å². The van der Waals surface area contributed by atoms with Gasteiger partial charge in [-0.15, -0.1) is 0 Å². The zero-order chi connectivity index (χ0) is 4.50. The van der Waals surface area contributed by atoms with Crippen molar-refractivity contribution in [2.24, 2.45) is 0 Å². The van der Waals surface area contributed by atoms with Crippen molar-refractivity contribution in [2.75, 3.05) is 0 Å². The smallest absolute Gasteiger partial charge is 0.239 e. The van der Waals surface area contributed by atoms with E-state index in [0.717, 1.165) is 0 Å². The zero-order valence-electron chi connectivity index (χ0n) is 3.01. The summed E-state index contributed by atoms with van der Waals surface area (Å²) in [5.74, 6) is 0. The third-order valence-corrected chi connectivity index (χ3v) is 0. The summed E-state index contributed by atoms with van der Waals surface area (Å²) in [7, 11) is 0. The van der Waals surface area contributed by atoms with Crippen molar-refractivity contribution in [3.05, 3.63) is 0 Å². The van der Waals surface area contributed by atoms with Crippen LogP contribution in [0, 0.1) is 0 Å². The van der Waals surface area contributed by atoms with Crippen LogP contribution in [0.1, 0.15) is 0 Å². The SMILES string of the molecule is OP(O)(=S)S.[O].[W]. The molecule has 0 saturated carbocycles. The van der Waals surface area contributed by atoms with Crippen LogP contribution in [0.2, 0.25) is 0 Å². The predicted molar refractivity (Wildman–Crippen MR) is 28.4 cm³/mol. The molecule has 2 N–H and O–H groups in total. The van der Waals surface area contributed by atoms with Crippen molar-refractivity contribution < 1.29 is 36.3 Å². The molecule has 0 aromatic carbocycles. The monoisotopic (exact) mass is 330 g/mol. The van der Waals surface area contributed by atoms with Gasteiger partial charge < -0.3 is 9.79 Å². The van der Waals surface area contributed by atoms with Gasteiger partial charge in [0.2, 0.25) is 5.69 Å². The maximum atomic E-state index is 7.87. The van der Waals surface area contributed by atoms with Crippen LogP contribution in [0.5, 0.6) is 0 Å². The summed E-state index contributed by atoms with van der Waals surface area (Å²) in [4.78, 5) is 15.7. The molecule has 0 aromatic heterocycles. The maximum absolute atomic E-state index is 7.87. The summed E-state index contributed by atoms with van der Waals surface area (Å²) in [6, 6.07) is 0. The van der Waals surface area contributed by atoms with Gasteiger partial charge in [0.05, 0.1) is 0 Å². The first-order valence-electron chi connectivity index (χ1n) is 0.783. The largest absolute Gasteiger partial charge is 0.338 e. The number of rotatable bonds is 0. The van der Waals surface area contributed by atoms with E-state index in [1.54, 1.807) is 0 Å². The average Bonchev–Trinajstić information content (AvgIpc) is 0.722. The standard InChI is InChI=1S/H3O2PS2.O.W/c1-3(2,4)5;;/h(H3,1,2,4,5);;. The van der Waals surface area contributed by atoms with Gasteiger partial charge in [0.25, 0.3) is 0 Å². The molecule has 0 amide bonds. The van der Waals surface area contributed by atoms with E-state index < -0.39 is 5.69 Å². The fourth-order valence-corrected chi connectivity index (χ4v) is 0. The molecule has 0 atom stereocenters. The molecule has 0 saturated heterocycles. The van der Waals surface area contributed by atoms with Crippen LogP contribution in [0.4, 0.5) is 0 Å². The molecular weight excluding hydrogens is 327 g/mol. The van der Waals surface area contributed by atoms with E-state index in [-0.39, 0.29) is 26.5 Å². The molecule has 0 aromatic rings. The minimum Gasteiger partial charge on any atom is -0.338 e. The van der Waals surface area contributed by atoms with Crippen LogP contribution in [0.3, 0.4) is 0 Å². The third kappa shape index (κ3) is 95.4. The number of thiol groups is 1. The van der Waals surface area contributed by atoms with Crippen molar-refractivity contribution in [3.8, 4) is 0 Å². The van der Waals surface area contributed by atoms with Gasteiger partial charge in [-0.1, -0.05) is 12.2 Å². The van der Waals surface area contributed by atoms with E-state index >= 15 is 0 Å². The molecule has 0 bridgehead atoms. The normalized spacial score (nSPS) is 8.43. The van der Waals surface area contributed by atoms with Crippen LogP contribution in [0.25, 0.3) is 0 Å². The molecule has 0 aliphatic carbocycles. The molecular formula is H3O3PS2W. The van der Waals surface area contributed by atoms with E-state index in [1.807, 2.05) is 0 Å². The molecule has 0 unspecified atom stereocenters. The second kappa shape index (κ2) is 5.70. The van der Waals surface area contributed by atoms with Gasteiger partial charge in [-0.05, 0) is 11.8 Å². The Labute approximate surface area is 66.0 Å². The van der Waals surface area contributed by atoms with E-state index in [4.69, 9.17) is 9.79 Å². The second-order valence-electron chi connectivity index (χ2n) is 0.513. The van der Waals surface area contributed by atoms with Gasteiger partial charge in [0, 0.05) is 26.5 Å². The van der Waals surface area contributed by atoms with Gasteiger partial charge >= 0.3 is 0 Å². The van der Waals surface area contributed by atoms with E-state index in [2.05, 4.69) is 24.1 Å². The summed E-state index contributed by atoms with van der Waals surface area (Å²) in [6.45, 7) is 0. The Kier molecular flexibility index (Phi) is 12.9. The summed E-state index contributed by atoms with van der Waals surface area (Å²) in [5.41, 5.74) is -3.11. The van der Waals surface area contributed by atoms with Crippen LogP contribution in [0.15, 0.2) is 0 Å². The molecule has 2 radical (unpaired) electrons. The minimum atomic E-state index is -3.11. The van der Waals surface area contributed by atoms with Crippen molar-refractivity contribution in [1.29, 1.82) is 0 Å². The zero-order valence-corrected chi connectivity index (χ0v) is 8.55. The van der Waals surface area contributed by atoms with Gasteiger partial charge in [-0.25, -0.2) is 0 Å². The Hall–Kier alpha value is 1.57. The van der Waals surface area contributed by atoms with E-state index in [9.17, 15) is 0 Å². The Balaban J connectivity index is -0.0000000800. The molecule has 0 fully saturated rings. The molecule has 3 nitrogen and oxygen atoms in total. The average molecular weight is 330 g/mol. The van der Waals surface area contributed by atoms with Crippen molar-refractivity contribution in [2.45, 2.75) is 0 Å². The van der Waals surface area contributed by atoms with Gasteiger partial charge in [-0.3, -0.25) is 0 Å². The molecule has 0 heterocycles. The molecule has 0 aliphatic heterocycles. The molecule has 7 heteroatoms.